The Morgan fingerprint density at radius 2 is 1.90 bits per heavy atom. The van der Waals surface area contributed by atoms with E-state index in [0.717, 1.165) is 15.8 Å². The van der Waals surface area contributed by atoms with Gasteiger partial charge in [0.25, 0.3) is 5.91 Å². The topological polar surface area (TPSA) is 79.1 Å². The number of aromatic nitrogens is 1. The van der Waals surface area contributed by atoms with Crippen LogP contribution in [-0.4, -0.2) is 37.3 Å². The van der Waals surface area contributed by atoms with E-state index in [2.05, 4.69) is 4.99 Å². The van der Waals surface area contributed by atoms with Crippen LogP contribution >= 0.6 is 11.3 Å². The van der Waals surface area contributed by atoms with E-state index in [0.29, 0.717) is 28.5 Å². The van der Waals surface area contributed by atoms with Crippen LogP contribution in [0.1, 0.15) is 18.1 Å². The number of thiazole rings is 1. The third-order valence-corrected chi connectivity index (χ3v) is 5.53. The van der Waals surface area contributed by atoms with Crippen molar-refractivity contribution >= 4 is 33.4 Å². The maximum atomic E-state index is 12.7. The molecule has 0 N–H and O–H groups in total. The molecule has 0 radical (unpaired) electrons. The zero-order valence-electron chi connectivity index (χ0n) is 17.4. The lowest BCUT2D eigenvalue weighted by atomic mass is 10.1. The summed E-state index contributed by atoms with van der Waals surface area (Å²) < 4.78 is 18.3. The molecule has 0 spiro atoms. The van der Waals surface area contributed by atoms with Crippen molar-refractivity contribution in [3.8, 4) is 11.5 Å². The minimum atomic E-state index is -0.372. The van der Waals surface area contributed by atoms with Crippen molar-refractivity contribution < 1.29 is 23.8 Å². The summed E-state index contributed by atoms with van der Waals surface area (Å²) in [5.74, 6) is 0.499. The summed E-state index contributed by atoms with van der Waals surface area (Å²) in [7, 11) is 3.11. The van der Waals surface area contributed by atoms with Crippen LogP contribution in [0.4, 0.5) is 0 Å². The predicted molar refractivity (Wildman–Crippen MR) is 115 cm³/mol. The number of carbonyl (C=O) groups excluding carboxylic acids is 2. The van der Waals surface area contributed by atoms with Crippen LogP contribution in [-0.2, 0) is 27.3 Å². The molecule has 0 aliphatic rings. The van der Waals surface area contributed by atoms with Gasteiger partial charge < -0.3 is 18.8 Å². The number of benzene rings is 2. The highest BCUT2D eigenvalue weighted by Gasteiger charge is 2.14. The quantitative estimate of drug-likeness (QED) is 0.540. The van der Waals surface area contributed by atoms with Gasteiger partial charge in [-0.25, -0.2) is 0 Å². The Morgan fingerprint density at radius 1 is 1.10 bits per heavy atom. The van der Waals surface area contributed by atoms with Gasteiger partial charge >= 0.3 is 5.97 Å². The largest absolute Gasteiger partial charge is 0.497 e. The van der Waals surface area contributed by atoms with E-state index in [1.54, 1.807) is 43.9 Å². The molecule has 0 bridgehead atoms. The summed E-state index contributed by atoms with van der Waals surface area (Å²) in [6.45, 7) is 4.04. The van der Waals surface area contributed by atoms with Crippen LogP contribution in [0.15, 0.2) is 41.4 Å². The third kappa shape index (κ3) is 4.88. The number of methoxy groups -OCH3 is 2. The molecule has 1 aromatic heterocycles. The molecule has 0 saturated carbocycles. The van der Waals surface area contributed by atoms with Gasteiger partial charge in [-0.2, -0.15) is 4.99 Å². The number of carbonyl (C=O) groups is 2. The number of amides is 1. The summed E-state index contributed by atoms with van der Waals surface area (Å²) >= 11 is 1.37. The molecular formula is C22H24N2O5S. The fourth-order valence-corrected chi connectivity index (χ4v) is 4.21. The predicted octanol–water partition coefficient (Wildman–Crippen LogP) is 3.26. The van der Waals surface area contributed by atoms with Gasteiger partial charge in [0, 0.05) is 11.6 Å². The number of esters is 1. The second-order valence-electron chi connectivity index (χ2n) is 6.61. The maximum absolute atomic E-state index is 12.7. The number of nitrogens with zero attached hydrogens (tertiary/aromatic N) is 2. The standard InChI is InChI=1S/C22H24N2O5S/c1-5-29-21(26)13-24-17-9-6-14(2)10-19(17)30-22(24)23-20(25)11-15-7-8-16(27-3)12-18(15)28-4/h6-10,12H,5,11,13H2,1-4H3. The van der Waals surface area contributed by atoms with Crippen molar-refractivity contribution in [1.29, 1.82) is 0 Å². The molecule has 8 heteroatoms. The molecule has 158 valence electrons. The molecule has 0 fully saturated rings. The lowest BCUT2D eigenvalue weighted by Gasteiger charge is -2.09. The summed E-state index contributed by atoms with van der Waals surface area (Å²) in [5, 5.41) is 0. The first-order valence-corrected chi connectivity index (χ1v) is 10.3. The third-order valence-electron chi connectivity index (χ3n) is 4.49. The van der Waals surface area contributed by atoms with E-state index in [-0.39, 0.29) is 24.8 Å². The highest BCUT2D eigenvalue weighted by atomic mass is 32.1. The molecule has 1 heterocycles. The van der Waals surface area contributed by atoms with Crippen molar-refractivity contribution in [3.05, 3.63) is 52.3 Å². The van der Waals surface area contributed by atoms with Crippen LogP contribution in [0.5, 0.6) is 11.5 Å². The first-order chi connectivity index (χ1) is 14.4. The highest BCUT2D eigenvalue weighted by molar-refractivity contribution is 7.16. The normalized spacial score (nSPS) is 11.5. The average molecular weight is 429 g/mol. The first kappa shape index (κ1) is 21.6. The Balaban J connectivity index is 1.98. The summed E-state index contributed by atoms with van der Waals surface area (Å²) in [5.41, 5.74) is 2.64. The van der Waals surface area contributed by atoms with Gasteiger partial charge in [-0.05, 0) is 37.6 Å². The van der Waals surface area contributed by atoms with Crippen LogP contribution in [0.25, 0.3) is 10.2 Å². The first-order valence-electron chi connectivity index (χ1n) is 9.49. The van der Waals surface area contributed by atoms with Crippen molar-refractivity contribution in [2.75, 3.05) is 20.8 Å². The van der Waals surface area contributed by atoms with Crippen molar-refractivity contribution in [3.63, 3.8) is 0 Å². The number of aryl methyl sites for hydroxylation is 1. The Kier molecular flexibility index (Phi) is 6.89. The number of rotatable bonds is 7. The number of hydrogen-bond acceptors (Lipinski definition) is 6. The zero-order chi connectivity index (χ0) is 21.7. The molecule has 2 aromatic carbocycles. The van der Waals surface area contributed by atoms with Crippen LogP contribution in [0, 0.1) is 6.92 Å². The van der Waals surface area contributed by atoms with E-state index in [9.17, 15) is 9.59 Å². The van der Waals surface area contributed by atoms with Gasteiger partial charge in [0.15, 0.2) is 4.80 Å². The van der Waals surface area contributed by atoms with Crippen LogP contribution in [0.2, 0.25) is 0 Å². The van der Waals surface area contributed by atoms with Gasteiger partial charge in [-0.15, -0.1) is 0 Å². The van der Waals surface area contributed by atoms with E-state index in [1.807, 2.05) is 25.1 Å². The van der Waals surface area contributed by atoms with Crippen molar-refractivity contribution in [1.82, 2.24) is 4.57 Å². The second kappa shape index (κ2) is 9.58. The monoisotopic (exact) mass is 428 g/mol. The molecule has 0 aliphatic heterocycles. The number of ether oxygens (including phenoxy) is 3. The number of hydrogen-bond donors (Lipinski definition) is 0. The Morgan fingerprint density at radius 3 is 2.60 bits per heavy atom. The molecule has 1 amide bonds. The molecular weight excluding hydrogens is 404 g/mol. The van der Waals surface area contributed by atoms with Crippen molar-refractivity contribution in [2.45, 2.75) is 26.8 Å². The summed E-state index contributed by atoms with van der Waals surface area (Å²) in [4.78, 5) is 29.6. The van der Waals surface area contributed by atoms with E-state index in [4.69, 9.17) is 14.2 Å². The molecule has 0 unspecified atom stereocenters. The summed E-state index contributed by atoms with van der Waals surface area (Å²) in [6, 6.07) is 11.2. The van der Waals surface area contributed by atoms with Gasteiger partial charge in [0.2, 0.25) is 0 Å². The van der Waals surface area contributed by atoms with E-state index < -0.39 is 0 Å². The smallest absolute Gasteiger partial charge is 0.326 e. The summed E-state index contributed by atoms with van der Waals surface area (Å²) in [6.07, 6.45) is 0.0693. The van der Waals surface area contributed by atoms with Gasteiger partial charge in [0.05, 0.1) is 37.5 Å². The minimum Gasteiger partial charge on any atom is -0.497 e. The minimum absolute atomic E-state index is 0.00509. The molecule has 7 nitrogen and oxygen atoms in total. The fraction of sp³-hybridized carbons (Fsp3) is 0.318. The Hall–Kier alpha value is -3.13. The second-order valence-corrected chi connectivity index (χ2v) is 7.62. The van der Waals surface area contributed by atoms with Gasteiger partial charge in [0.1, 0.15) is 18.0 Å². The van der Waals surface area contributed by atoms with Crippen LogP contribution < -0.4 is 14.3 Å². The maximum Gasteiger partial charge on any atom is 0.326 e. The van der Waals surface area contributed by atoms with E-state index >= 15 is 0 Å². The van der Waals surface area contributed by atoms with Gasteiger partial charge in [-0.1, -0.05) is 23.5 Å². The van der Waals surface area contributed by atoms with E-state index in [1.165, 1.54) is 11.3 Å². The lowest BCUT2D eigenvalue weighted by Crippen LogP contribution is -2.23. The fourth-order valence-electron chi connectivity index (χ4n) is 3.06. The molecule has 0 saturated heterocycles. The molecule has 3 aromatic rings. The SMILES string of the molecule is CCOC(=O)Cn1c(=NC(=O)Cc2ccc(OC)cc2OC)sc2cc(C)ccc21. The average Bonchev–Trinajstić information content (AvgIpc) is 3.04. The molecule has 0 atom stereocenters. The Labute approximate surface area is 178 Å². The zero-order valence-corrected chi connectivity index (χ0v) is 18.2. The molecule has 3 rings (SSSR count). The Bertz CT molecular complexity index is 1150. The molecule has 30 heavy (non-hydrogen) atoms. The van der Waals surface area contributed by atoms with Gasteiger partial charge in [-0.3, -0.25) is 9.59 Å². The lowest BCUT2D eigenvalue weighted by molar-refractivity contribution is -0.143. The number of fused-ring (bicyclic) bond motifs is 1. The highest BCUT2D eigenvalue weighted by Crippen LogP contribution is 2.25. The molecule has 0 aliphatic carbocycles. The van der Waals surface area contributed by atoms with Crippen LogP contribution in [0.3, 0.4) is 0 Å². The van der Waals surface area contributed by atoms with Crippen molar-refractivity contribution in [2.24, 2.45) is 4.99 Å².